The van der Waals surface area contributed by atoms with Gasteiger partial charge in [0.1, 0.15) is 11.2 Å². The second-order valence-electron chi connectivity index (χ2n) is 13.2. The molecule has 3 heterocycles. The molecule has 222 valence electrons. The molecule has 3 aromatic heterocycles. The molecule has 0 N–H and O–H groups in total. The van der Waals surface area contributed by atoms with Crippen LogP contribution in [0.15, 0.2) is 150 Å². The van der Waals surface area contributed by atoms with Crippen molar-refractivity contribution < 1.29 is 4.42 Å². The summed E-state index contributed by atoms with van der Waals surface area (Å²) in [4.78, 5) is 4.62. The van der Waals surface area contributed by atoms with Crippen LogP contribution in [0.5, 0.6) is 0 Å². The van der Waals surface area contributed by atoms with Gasteiger partial charge >= 0.3 is 0 Å². The third-order valence-corrected chi connectivity index (χ3v) is 10.3. The summed E-state index contributed by atoms with van der Waals surface area (Å²) in [6.07, 6.45) is 1.86. The molecule has 0 unspecified atom stereocenters. The summed E-state index contributed by atoms with van der Waals surface area (Å²) >= 11 is 0. The number of aromatic nitrogens is 2. The first-order valence-corrected chi connectivity index (χ1v) is 16.2. The monoisotopic (exact) mass is 602 g/mol. The minimum atomic E-state index is -0.146. The number of pyridine rings is 1. The van der Waals surface area contributed by atoms with E-state index in [2.05, 4.69) is 145 Å². The van der Waals surface area contributed by atoms with Gasteiger partial charge in [-0.15, -0.1) is 0 Å². The van der Waals surface area contributed by atoms with Crippen molar-refractivity contribution in [1.82, 2.24) is 9.55 Å². The van der Waals surface area contributed by atoms with E-state index in [0.29, 0.717) is 0 Å². The third kappa shape index (κ3) is 3.77. The Hall–Kier alpha value is -5.93. The Bertz CT molecular complexity index is 2710. The Morgan fingerprint density at radius 1 is 0.511 bits per heavy atom. The molecule has 0 saturated carbocycles. The van der Waals surface area contributed by atoms with Crippen LogP contribution < -0.4 is 0 Å². The topological polar surface area (TPSA) is 31.0 Å². The normalized spacial score (nSPS) is 13.5. The molecule has 0 atom stereocenters. The first kappa shape index (κ1) is 26.3. The Labute approximate surface area is 272 Å². The summed E-state index contributed by atoms with van der Waals surface area (Å²) in [7, 11) is 0. The van der Waals surface area contributed by atoms with E-state index in [4.69, 9.17) is 4.42 Å². The van der Waals surface area contributed by atoms with Gasteiger partial charge in [0.15, 0.2) is 0 Å². The molecular weight excluding hydrogens is 572 g/mol. The fourth-order valence-corrected chi connectivity index (χ4v) is 7.89. The van der Waals surface area contributed by atoms with Crippen LogP contribution in [-0.2, 0) is 5.41 Å². The van der Waals surface area contributed by atoms with Gasteiger partial charge in [0.05, 0.1) is 16.7 Å². The van der Waals surface area contributed by atoms with Crippen molar-refractivity contribution in [2.24, 2.45) is 0 Å². The van der Waals surface area contributed by atoms with E-state index in [1.807, 2.05) is 24.4 Å². The molecule has 1 aliphatic rings. The Morgan fingerprint density at radius 3 is 2.02 bits per heavy atom. The van der Waals surface area contributed by atoms with Crippen molar-refractivity contribution in [2.45, 2.75) is 19.3 Å². The second kappa shape index (κ2) is 9.54. The van der Waals surface area contributed by atoms with Crippen molar-refractivity contribution in [3.8, 4) is 39.2 Å². The number of hydrogen-bond acceptors (Lipinski definition) is 2. The fraction of sp³-hybridized carbons (Fsp3) is 0.0682. The molecule has 0 radical (unpaired) electrons. The smallest absolute Gasteiger partial charge is 0.135 e. The molecule has 10 rings (SSSR count). The lowest BCUT2D eigenvalue weighted by molar-refractivity contribution is 0.660. The Kier molecular flexibility index (Phi) is 5.34. The van der Waals surface area contributed by atoms with Crippen molar-refractivity contribution in [3.63, 3.8) is 0 Å². The Balaban J connectivity index is 1.12. The number of para-hydroxylation sites is 2. The van der Waals surface area contributed by atoms with Crippen molar-refractivity contribution in [3.05, 3.63) is 157 Å². The van der Waals surface area contributed by atoms with E-state index in [1.165, 1.54) is 60.9 Å². The van der Waals surface area contributed by atoms with Crippen LogP contribution in [0.2, 0.25) is 0 Å². The van der Waals surface area contributed by atoms with E-state index >= 15 is 0 Å². The van der Waals surface area contributed by atoms with Gasteiger partial charge in [0.2, 0.25) is 0 Å². The molecule has 0 amide bonds. The van der Waals surface area contributed by atoms with Crippen LogP contribution in [0, 0.1) is 0 Å². The van der Waals surface area contributed by atoms with E-state index in [0.717, 1.165) is 33.2 Å². The van der Waals surface area contributed by atoms with E-state index < -0.39 is 0 Å². The van der Waals surface area contributed by atoms with Gasteiger partial charge in [-0.05, 0) is 100 Å². The summed E-state index contributed by atoms with van der Waals surface area (Å²) in [6.45, 7) is 4.70. The van der Waals surface area contributed by atoms with Crippen LogP contribution in [0.4, 0.5) is 0 Å². The molecule has 0 bridgehead atoms. The first-order valence-electron chi connectivity index (χ1n) is 16.2. The number of hydrogen-bond donors (Lipinski definition) is 0. The SMILES string of the molecule is CC1(C)c2cc(-c3ccccn3)ccc2-c2ccc(-n3c4ccccc4c4cc(-c5ccc6oc7ccccc7c6c5)ccc43)cc21. The van der Waals surface area contributed by atoms with Gasteiger partial charge in [0.25, 0.3) is 0 Å². The summed E-state index contributed by atoms with van der Waals surface area (Å²) in [5, 5.41) is 4.80. The second-order valence-corrected chi connectivity index (χ2v) is 13.2. The van der Waals surface area contributed by atoms with Crippen LogP contribution in [0.3, 0.4) is 0 Å². The zero-order valence-electron chi connectivity index (χ0n) is 26.2. The molecular formula is C44H30N2O. The van der Waals surface area contributed by atoms with Gasteiger partial charge in [-0.2, -0.15) is 0 Å². The minimum Gasteiger partial charge on any atom is -0.456 e. The van der Waals surface area contributed by atoms with Gasteiger partial charge in [-0.1, -0.05) is 86.6 Å². The van der Waals surface area contributed by atoms with Crippen LogP contribution >= 0.6 is 0 Å². The number of furan rings is 1. The quantitative estimate of drug-likeness (QED) is 0.201. The molecule has 0 aliphatic heterocycles. The van der Waals surface area contributed by atoms with E-state index in [-0.39, 0.29) is 5.41 Å². The highest BCUT2D eigenvalue weighted by Gasteiger charge is 2.36. The van der Waals surface area contributed by atoms with Crippen molar-refractivity contribution >= 4 is 43.7 Å². The lowest BCUT2D eigenvalue weighted by atomic mass is 9.81. The van der Waals surface area contributed by atoms with Crippen LogP contribution in [0.1, 0.15) is 25.0 Å². The van der Waals surface area contributed by atoms with Gasteiger partial charge in [0, 0.05) is 44.4 Å². The highest BCUT2D eigenvalue weighted by atomic mass is 16.3. The maximum absolute atomic E-state index is 6.11. The lowest BCUT2D eigenvalue weighted by Gasteiger charge is -2.23. The molecule has 9 aromatic rings. The predicted molar refractivity (Wildman–Crippen MR) is 194 cm³/mol. The molecule has 3 heteroatoms. The number of fused-ring (bicyclic) bond motifs is 9. The van der Waals surface area contributed by atoms with Gasteiger partial charge < -0.3 is 8.98 Å². The molecule has 3 nitrogen and oxygen atoms in total. The van der Waals surface area contributed by atoms with Crippen molar-refractivity contribution in [1.29, 1.82) is 0 Å². The molecule has 1 aliphatic carbocycles. The standard InChI is InChI=1S/C44H30N2O/c1-44(2)37-25-29(39-11-7-8-22-45-39)14-18-31(37)32-19-17-30(26-38(32)44)46-40-12-5-3-9-33(40)35-23-27(15-20-41(35)46)28-16-21-43-36(24-28)34-10-4-6-13-42(34)47-43/h3-26H,1-2H3. The largest absolute Gasteiger partial charge is 0.456 e. The third-order valence-electron chi connectivity index (χ3n) is 10.3. The van der Waals surface area contributed by atoms with Crippen molar-refractivity contribution in [2.75, 3.05) is 0 Å². The van der Waals surface area contributed by atoms with E-state index in [1.54, 1.807) is 0 Å². The summed E-state index contributed by atoms with van der Waals surface area (Å²) in [5.74, 6) is 0. The first-order chi connectivity index (χ1) is 23.0. The average Bonchev–Trinajstić information content (AvgIpc) is 3.73. The maximum Gasteiger partial charge on any atom is 0.135 e. The fourth-order valence-electron chi connectivity index (χ4n) is 7.89. The summed E-state index contributed by atoms with van der Waals surface area (Å²) < 4.78 is 8.54. The van der Waals surface area contributed by atoms with Crippen LogP contribution in [0.25, 0.3) is 82.9 Å². The van der Waals surface area contributed by atoms with E-state index in [9.17, 15) is 0 Å². The average molecular weight is 603 g/mol. The van der Waals surface area contributed by atoms with Gasteiger partial charge in [-0.3, -0.25) is 4.98 Å². The molecule has 0 fully saturated rings. The lowest BCUT2D eigenvalue weighted by Crippen LogP contribution is -2.15. The maximum atomic E-state index is 6.11. The zero-order chi connectivity index (χ0) is 31.3. The Morgan fingerprint density at radius 2 is 1.17 bits per heavy atom. The molecule has 0 spiro atoms. The van der Waals surface area contributed by atoms with Gasteiger partial charge in [-0.25, -0.2) is 0 Å². The summed E-state index contributed by atoms with van der Waals surface area (Å²) in [6, 6.07) is 50.4. The number of rotatable bonds is 3. The molecule has 0 saturated heterocycles. The van der Waals surface area contributed by atoms with Crippen LogP contribution in [-0.4, -0.2) is 9.55 Å². The predicted octanol–water partition coefficient (Wildman–Crippen LogP) is 11.7. The minimum absolute atomic E-state index is 0.146. The highest BCUT2D eigenvalue weighted by molar-refractivity contribution is 6.11. The zero-order valence-corrected chi connectivity index (χ0v) is 26.2. The number of benzene rings is 6. The number of nitrogens with zero attached hydrogens (tertiary/aromatic N) is 2. The molecule has 6 aromatic carbocycles. The molecule has 47 heavy (non-hydrogen) atoms. The highest BCUT2D eigenvalue weighted by Crippen LogP contribution is 2.50. The summed E-state index contributed by atoms with van der Waals surface area (Å²) in [5.41, 5.74) is 15.2.